The van der Waals surface area contributed by atoms with Crippen molar-refractivity contribution in [3.8, 4) is 22.4 Å². The van der Waals surface area contributed by atoms with Gasteiger partial charge in [-0.25, -0.2) is 0 Å². The molecular formula is C28H18N2Pd. The third-order valence-electron chi connectivity index (χ3n) is 4.99. The minimum Gasteiger partial charge on any atom is -0.304 e. The van der Waals surface area contributed by atoms with Crippen LogP contribution in [-0.2, 0) is 20.4 Å². The first kappa shape index (κ1) is 20.9. The summed E-state index contributed by atoms with van der Waals surface area (Å²) >= 11 is 0. The average Bonchev–Trinajstić information content (AvgIpc) is 2.83. The summed E-state index contributed by atoms with van der Waals surface area (Å²) in [5.41, 5.74) is 5.80. The normalized spacial score (nSPS) is 10.8. The Balaban J connectivity index is 0.00000231. The zero-order valence-corrected chi connectivity index (χ0v) is 18.2. The van der Waals surface area contributed by atoms with Crippen LogP contribution in [0.15, 0.2) is 108 Å². The van der Waals surface area contributed by atoms with Crippen molar-refractivity contribution in [2.45, 2.75) is 0 Å². The van der Waals surface area contributed by atoms with Crippen molar-refractivity contribution >= 4 is 22.7 Å². The van der Waals surface area contributed by atoms with Gasteiger partial charge in [0.15, 0.2) is 0 Å². The van der Waals surface area contributed by atoms with E-state index in [1.807, 2.05) is 60.8 Å². The molecular weight excluding hydrogens is 471 g/mol. The number of pyridine rings is 1. The van der Waals surface area contributed by atoms with Crippen LogP contribution in [0.1, 0.15) is 5.56 Å². The Morgan fingerprint density at radius 3 is 2.42 bits per heavy atom. The van der Waals surface area contributed by atoms with E-state index in [1.165, 1.54) is 10.8 Å². The van der Waals surface area contributed by atoms with Gasteiger partial charge in [0, 0.05) is 17.6 Å². The van der Waals surface area contributed by atoms with Crippen molar-refractivity contribution in [3.05, 3.63) is 121 Å². The maximum absolute atomic E-state index is 4.84. The molecule has 0 saturated heterocycles. The van der Waals surface area contributed by atoms with Gasteiger partial charge in [-0.3, -0.25) is 4.98 Å². The van der Waals surface area contributed by atoms with Crippen molar-refractivity contribution in [2.75, 3.05) is 0 Å². The molecule has 0 fully saturated rings. The van der Waals surface area contributed by atoms with E-state index in [-0.39, 0.29) is 20.4 Å². The quantitative estimate of drug-likeness (QED) is 0.153. The van der Waals surface area contributed by atoms with Gasteiger partial charge in [0.05, 0.1) is 0 Å². The van der Waals surface area contributed by atoms with Crippen LogP contribution in [0.5, 0.6) is 0 Å². The van der Waals surface area contributed by atoms with Gasteiger partial charge < -0.3 is 4.99 Å². The van der Waals surface area contributed by atoms with Gasteiger partial charge in [0.25, 0.3) is 0 Å². The number of aromatic nitrogens is 1. The molecule has 0 spiro atoms. The second-order valence-corrected chi connectivity index (χ2v) is 6.95. The summed E-state index contributed by atoms with van der Waals surface area (Å²) in [6.07, 6.45) is 3.66. The summed E-state index contributed by atoms with van der Waals surface area (Å²) in [6.45, 7) is 0. The maximum atomic E-state index is 4.84. The predicted octanol–water partition coefficient (Wildman–Crippen LogP) is 6.92. The number of benzene rings is 4. The maximum Gasteiger partial charge on any atom is 2.00 e. The van der Waals surface area contributed by atoms with E-state index in [9.17, 15) is 0 Å². The van der Waals surface area contributed by atoms with Gasteiger partial charge in [-0.15, -0.1) is 65.7 Å². The van der Waals surface area contributed by atoms with Gasteiger partial charge in [-0.05, 0) is 23.7 Å². The summed E-state index contributed by atoms with van der Waals surface area (Å²) in [6, 6.07) is 39.3. The van der Waals surface area contributed by atoms with Crippen molar-refractivity contribution < 1.29 is 20.4 Å². The van der Waals surface area contributed by atoms with Crippen molar-refractivity contribution in [2.24, 2.45) is 4.99 Å². The van der Waals surface area contributed by atoms with Gasteiger partial charge in [0.2, 0.25) is 0 Å². The second-order valence-electron chi connectivity index (χ2n) is 6.95. The fourth-order valence-electron chi connectivity index (χ4n) is 3.57. The average molecular weight is 489 g/mol. The molecule has 0 aliphatic rings. The molecule has 1 heterocycles. The molecule has 0 amide bonds. The summed E-state index contributed by atoms with van der Waals surface area (Å²) in [5, 5.41) is 2.35. The van der Waals surface area contributed by atoms with E-state index < -0.39 is 0 Å². The van der Waals surface area contributed by atoms with Gasteiger partial charge in [0.1, 0.15) is 0 Å². The fraction of sp³-hybridized carbons (Fsp3) is 0. The molecule has 150 valence electrons. The van der Waals surface area contributed by atoms with E-state index in [2.05, 4.69) is 59.6 Å². The van der Waals surface area contributed by atoms with Gasteiger partial charge in [-0.1, -0.05) is 59.0 Å². The van der Waals surface area contributed by atoms with E-state index in [4.69, 9.17) is 4.99 Å². The SMILES string of the molecule is [Pd+2].[c-]1c(C=Nc2ccc3ccccc3c2-c2[c-]cccc2)cccc1-c1ccccn1. The Labute approximate surface area is 196 Å². The van der Waals surface area contributed by atoms with Gasteiger partial charge >= 0.3 is 20.4 Å². The molecule has 0 radical (unpaired) electrons. The van der Waals surface area contributed by atoms with E-state index >= 15 is 0 Å². The number of aliphatic imine (C=N–C) groups is 1. The predicted molar refractivity (Wildman–Crippen MR) is 124 cm³/mol. The van der Waals surface area contributed by atoms with E-state index in [0.717, 1.165) is 33.6 Å². The van der Waals surface area contributed by atoms with Crippen LogP contribution in [0.3, 0.4) is 0 Å². The standard InChI is InChI=1S/C28H18N2.Pd/c1-2-11-23(12-3-1)28-25-14-5-4-10-22(25)16-17-27(28)30-20-21-9-8-13-24(19-21)26-15-6-7-18-29-26;/h1-11,13-18,20H;/q-2;+2. The first-order valence-electron chi connectivity index (χ1n) is 9.85. The molecule has 2 nitrogen and oxygen atoms in total. The molecule has 0 bridgehead atoms. The molecule has 0 atom stereocenters. The molecule has 4 aromatic carbocycles. The zero-order valence-electron chi connectivity index (χ0n) is 16.6. The number of hydrogen-bond donors (Lipinski definition) is 0. The first-order chi connectivity index (χ1) is 14.9. The minimum atomic E-state index is 0. The van der Waals surface area contributed by atoms with E-state index in [0.29, 0.717) is 0 Å². The number of hydrogen-bond acceptors (Lipinski definition) is 2. The largest absolute Gasteiger partial charge is 2.00 e. The summed E-state index contributed by atoms with van der Waals surface area (Å²) in [5.74, 6) is 0. The third-order valence-corrected chi connectivity index (χ3v) is 4.99. The van der Waals surface area contributed by atoms with Crippen LogP contribution in [-0.4, -0.2) is 11.2 Å². The Kier molecular flexibility index (Phi) is 6.48. The van der Waals surface area contributed by atoms with Crippen molar-refractivity contribution in [3.63, 3.8) is 0 Å². The Morgan fingerprint density at radius 2 is 1.58 bits per heavy atom. The zero-order chi connectivity index (χ0) is 20.2. The molecule has 0 aliphatic heterocycles. The van der Waals surface area contributed by atoms with E-state index in [1.54, 1.807) is 6.20 Å². The minimum absolute atomic E-state index is 0. The Hall–Kier alpha value is -3.38. The summed E-state index contributed by atoms with van der Waals surface area (Å²) in [7, 11) is 0. The summed E-state index contributed by atoms with van der Waals surface area (Å²) < 4.78 is 0. The molecule has 0 saturated carbocycles. The molecule has 5 rings (SSSR count). The van der Waals surface area contributed by atoms with Crippen molar-refractivity contribution in [1.82, 2.24) is 4.98 Å². The van der Waals surface area contributed by atoms with Crippen molar-refractivity contribution in [1.29, 1.82) is 0 Å². The number of nitrogens with zero attached hydrogens (tertiary/aromatic N) is 2. The third kappa shape index (κ3) is 4.54. The Morgan fingerprint density at radius 1 is 0.742 bits per heavy atom. The van der Waals surface area contributed by atoms with Gasteiger partial charge in [-0.2, -0.15) is 0 Å². The fourth-order valence-corrected chi connectivity index (χ4v) is 3.57. The second kappa shape index (κ2) is 9.62. The molecule has 0 unspecified atom stereocenters. The topological polar surface area (TPSA) is 25.2 Å². The number of rotatable bonds is 4. The summed E-state index contributed by atoms with van der Waals surface area (Å²) in [4.78, 5) is 9.26. The number of fused-ring (bicyclic) bond motifs is 1. The van der Waals surface area contributed by atoms with Crippen LogP contribution in [0.4, 0.5) is 5.69 Å². The van der Waals surface area contributed by atoms with Crippen LogP contribution in [0.25, 0.3) is 33.2 Å². The smallest absolute Gasteiger partial charge is 0.304 e. The van der Waals surface area contributed by atoms with Crippen LogP contribution in [0, 0.1) is 12.1 Å². The van der Waals surface area contributed by atoms with Crippen LogP contribution in [0.2, 0.25) is 0 Å². The first-order valence-corrected chi connectivity index (χ1v) is 9.85. The monoisotopic (exact) mass is 488 g/mol. The van der Waals surface area contributed by atoms with Crippen LogP contribution < -0.4 is 0 Å². The Bertz CT molecular complexity index is 1330. The molecule has 0 N–H and O–H groups in total. The molecule has 3 heteroatoms. The molecule has 5 aromatic rings. The molecule has 31 heavy (non-hydrogen) atoms. The van der Waals surface area contributed by atoms with Crippen LogP contribution >= 0.6 is 0 Å². The molecule has 1 aromatic heterocycles. The molecule has 0 aliphatic carbocycles.